The molecule has 1 atom stereocenters. The van der Waals surface area contributed by atoms with E-state index in [2.05, 4.69) is 21.2 Å². The van der Waals surface area contributed by atoms with Gasteiger partial charge in [0.15, 0.2) is 0 Å². The second-order valence-corrected chi connectivity index (χ2v) is 8.85. The second-order valence-electron chi connectivity index (χ2n) is 5.59. The van der Waals surface area contributed by atoms with Crippen LogP contribution in [0.5, 0.6) is 0 Å². The fraction of sp³-hybridized carbons (Fsp3) is 0.235. The predicted octanol–water partition coefficient (Wildman–Crippen LogP) is 3.75. The Labute approximate surface area is 161 Å². The lowest BCUT2D eigenvalue weighted by Gasteiger charge is -2.23. The molecule has 0 fully saturated rings. The number of nitrogens with zero attached hydrogens (tertiary/aromatic N) is 1. The molecule has 134 valence electrons. The van der Waals surface area contributed by atoms with Gasteiger partial charge >= 0.3 is 0 Å². The molecule has 1 unspecified atom stereocenters. The molecule has 0 spiro atoms. The summed E-state index contributed by atoms with van der Waals surface area (Å²) in [5, 5.41) is 3.41. The monoisotopic (exact) mass is 444 g/mol. The van der Waals surface area contributed by atoms with E-state index in [1.54, 1.807) is 36.4 Å². The third-order valence-electron chi connectivity index (χ3n) is 3.53. The number of carbonyl (C=O) groups is 1. The summed E-state index contributed by atoms with van der Waals surface area (Å²) in [6.07, 6.45) is 1.07. The van der Waals surface area contributed by atoms with Gasteiger partial charge in [-0.2, -0.15) is 0 Å². The molecule has 0 bridgehead atoms. The van der Waals surface area contributed by atoms with Crippen molar-refractivity contribution < 1.29 is 13.2 Å². The van der Waals surface area contributed by atoms with E-state index in [1.807, 2.05) is 19.1 Å². The molecule has 1 N–H and O–H groups in total. The summed E-state index contributed by atoms with van der Waals surface area (Å²) >= 11 is 9.16. The van der Waals surface area contributed by atoms with E-state index in [0.717, 1.165) is 20.6 Å². The normalized spacial score (nSPS) is 12.5. The number of rotatable bonds is 6. The average Bonchev–Trinajstić information content (AvgIpc) is 2.52. The van der Waals surface area contributed by atoms with Crippen LogP contribution < -0.4 is 9.62 Å². The smallest absolute Gasteiger partial charge is 0.241 e. The van der Waals surface area contributed by atoms with Gasteiger partial charge in [0.05, 0.1) is 18.0 Å². The van der Waals surface area contributed by atoms with Crippen molar-refractivity contribution in [1.82, 2.24) is 5.32 Å². The highest BCUT2D eigenvalue weighted by Crippen LogP contribution is 2.22. The number of anilines is 1. The molecule has 2 rings (SSSR count). The minimum Gasteiger partial charge on any atom is -0.348 e. The molecule has 1 amide bonds. The minimum absolute atomic E-state index is 0.270. The minimum atomic E-state index is -3.60. The first-order valence-electron chi connectivity index (χ1n) is 7.45. The van der Waals surface area contributed by atoms with E-state index in [0.29, 0.717) is 10.7 Å². The van der Waals surface area contributed by atoms with Crippen LogP contribution in [0.25, 0.3) is 0 Å². The second kappa shape index (κ2) is 8.21. The summed E-state index contributed by atoms with van der Waals surface area (Å²) < 4.78 is 26.0. The maximum Gasteiger partial charge on any atom is 0.241 e. The van der Waals surface area contributed by atoms with Crippen LogP contribution >= 0.6 is 27.5 Å². The van der Waals surface area contributed by atoms with Gasteiger partial charge in [0.1, 0.15) is 6.54 Å². The highest BCUT2D eigenvalue weighted by Gasteiger charge is 2.22. The molecule has 2 aromatic rings. The number of carbonyl (C=O) groups excluding carboxylic acids is 1. The van der Waals surface area contributed by atoms with E-state index in [4.69, 9.17) is 11.6 Å². The van der Waals surface area contributed by atoms with Gasteiger partial charge in [0, 0.05) is 9.50 Å². The third kappa shape index (κ3) is 5.73. The number of hydrogen-bond donors (Lipinski definition) is 1. The molecule has 0 aliphatic carbocycles. The average molecular weight is 446 g/mol. The lowest BCUT2D eigenvalue weighted by molar-refractivity contribution is -0.120. The van der Waals surface area contributed by atoms with E-state index in [1.165, 1.54) is 0 Å². The molecule has 0 aliphatic rings. The maximum absolute atomic E-state index is 12.4. The van der Waals surface area contributed by atoms with Gasteiger partial charge in [-0.15, -0.1) is 0 Å². The highest BCUT2D eigenvalue weighted by molar-refractivity contribution is 9.10. The van der Waals surface area contributed by atoms with Crippen molar-refractivity contribution in [3.63, 3.8) is 0 Å². The van der Waals surface area contributed by atoms with Crippen LogP contribution in [0.4, 0.5) is 5.69 Å². The third-order valence-corrected chi connectivity index (χ3v) is 5.42. The number of halogens is 2. The van der Waals surface area contributed by atoms with Crippen LogP contribution in [0.2, 0.25) is 5.02 Å². The van der Waals surface area contributed by atoms with Gasteiger partial charge in [0.25, 0.3) is 0 Å². The maximum atomic E-state index is 12.4. The molecule has 0 saturated carbocycles. The quantitative estimate of drug-likeness (QED) is 0.736. The largest absolute Gasteiger partial charge is 0.348 e. The Morgan fingerprint density at radius 2 is 1.88 bits per heavy atom. The van der Waals surface area contributed by atoms with E-state index in [9.17, 15) is 13.2 Å². The molecule has 0 radical (unpaired) electrons. The van der Waals surface area contributed by atoms with Crippen molar-refractivity contribution in [3.8, 4) is 0 Å². The summed E-state index contributed by atoms with van der Waals surface area (Å²) in [6.45, 7) is 1.53. The van der Waals surface area contributed by atoms with Gasteiger partial charge < -0.3 is 5.32 Å². The predicted molar refractivity (Wildman–Crippen MR) is 104 cm³/mol. The van der Waals surface area contributed by atoms with Crippen molar-refractivity contribution in [3.05, 3.63) is 63.6 Å². The van der Waals surface area contributed by atoms with Gasteiger partial charge in [0.2, 0.25) is 15.9 Å². The van der Waals surface area contributed by atoms with Gasteiger partial charge in [-0.25, -0.2) is 8.42 Å². The molecule has 8 heteroatoms. The Balaban J connectivity index is 2.13. The molecule has 0 aliphatic heterocycles. The fourth-order valence-electron chi connectivity index (χ4n) is 2.28. The molecule has 0 heterocycles. The summed E-state index contributed by atoms with van der Waals surface area (Å²) in [6, 6.07) is 13.6. The van der Waals surface area contributed by atoms with Gasteiger partial charge in [-0.05, 0) is 42.8 Å². The summed E-state index contributed by atoms with van der Waals surface area (Å²) in [4.78, 5) is 12.4. The number of sulfonamides is 1. The van der Waals surface area contributed by atoms with E-state index < -0.39 is 15.9 Å². The van der Waals surface area contributed by atoms with Gasteiger partial charge in [-0.3, -0.25) is 9.10 Å². The van der Waals surface area contributed by atoms with Crippen molar-refractivity contribution in [1.29, 1.82) is 0 Å². The molecule has 25 heavy (non-hydrogen) atoms. The lowest BCUT2D eigenvalue weighted by atomic mass is 10.1. The van der Waals surface area contributed by atoms with E-state index in [-0.39, 0.29) is 12.6 Å². The number of benzene rings is 2. The molecule has 0 aromatic heterocycles. The number of nitrogens with one attached hydrogen (secondary N) is 1. The molecular formula is C17H18BrClN2O3S. The van der Waals surface area contributed by atoms with Crippen molar-refractivity contribution in [2.75, 3.05) is 17.1 Å². The van der Waals surface area contributed by atoms with Crippen molar-refractivity contribution in [2.24, 2.45) is 0 Å². The molecule has 5 nitrogen and oxygen atoms in total. The Bertz CT molecular complexity index is 856. The Kier molecular flexibility index (Phi) is 6.48. The zero-order valence-electron chi connectivity index (χ0n) is 13.7. The van der Waals surface area contributed by atoms with Gasteiger partial charge in [-0.1, -0.05) is 45.7 Å². The summed E-state index contributed by atoms with van der Waals surface area (Å²) in [7, 11) is -3.60. The lowest BCUT2D eigenvalue weighted by Crippen LogP contribution is -2.41. The van der Waals surface area contributed by atoms with Crippen LogP contribution in [0.1, 0.15) is 18.5 Å². The standard InChI is InChI=1S/C17H18BrClN2O3S/c1-12(13-6-8-15(19)9-7-13)20-17(22)11-21(25(2,23)24)16-5-3-4-14(18)10-16/h3-10,12H,11H2,1-2H3,(H,20,22). The molecule has 0 saturated heterocycles. The van der Waals surface area contributed by atoms with Crippen LogP contribution in [-0.2, 0) is 14.8 Å². The first-order chi connectivity index (χ1) is 11.7. The Hall–Kier alpha value is -1.57. The fourth-order valence-corrected chi connectivity index (χ4v) is 3.65. The topological polar surface area (TPSA) is 66.5 Å². The van der Waals surface area contributed by atoms with Crippen LogP contribution in [-0.4, -0.2) is 27.1 Å². The van der Waals surface area contributed by atoms with Crippen LogP contribution in [0, 0.1) is 0 Å². The Morgan fingerprint density at radius 1 is 1.24 bits per heavy atom. The summed E-state index contributed by atoms with van der Waals surface area (Å²) in [5.74, 6) is -0.396. The van der Waals surface area contributed by atoms with Crippen molar-refractivity contribution >= 4 is 49.1 Å². The first-order valence-corrected chi connectivity index (χ1v) is 10.5. The number of amides is 1. The molecule has 2 aromatic carbocycles. The zero-order chi connectivity index (χ0) is 18.6. The summed E-state index contributed by atoms with van der Waals surface area (Å²) in [5.41, 5.74) is 1.30. The Morgan fingerprint density at radius 3 is 2.44 bits per heavy atom. The van der Waals surface area contributed by atoms with E-state index >= 15 is 0 Å². The van der Waals surface area contributed by atoms with Crippen LogP contribution in [0.3, 0.4) is 0 Å². The first kappa shape index (κ1) is 19.8. The molecular weight excluding hydrogens is 428 g/mol. The zero-order valence-corrected chi connectivity index (χ0v) is 16.9. The van der Waals surface area contributed by atoms with Crippen LogP contribution in [0.15, 0.2) is 53.0 Å². The number of hydrogen-bond acceptors (Lipinski definition) is 3. The highest BCUT2D eigenvalue weighted by atomic mass is 79.9. The SMILES string of the molecule is CC(NC(=O)CN(c1cccc(Br)c1)S(C)(=O)=O)c1ccc(Cl)cc1. The van der Waals surface area contributed by atoms with Crippen molar-refractivity contribution in [2.45, 2.75) is 13.0 Å².